The van der Waals surface area contributed by atoms with Gasteiger partial charge < -0.3 is 0 Å². The van der Waals surface area contributed by atoms with E-state index in [-0.39, 0.29) is 0 Å². The first-order chi connectivity index (χ1) is 5.57. The third kappa shape index (κ3) is 1.68. The second-order valence-electron chi connectivity index (χ2n) is 2.35. The number of allylic oxidation sites excluding steroid dienone is 2. The molecule has 8 heteroatoms. The van der Waals surface area contributed by atoms with Crippen LogP contribution in [0.15, 0.2) is 8.96 Å². The van der Waals surface area contributed by atoms with Gasteiger partial charge in [0, 0.05) is 8.96 Å². The van der Waals surface area contributed by atoms with Crippen molar-refractivity contribution in [3.63, 3.8) is 0 Å². The van der Waals surface area contributed by atoms with Gasteiger partial charge in [-0.3, -0.25) is 0 Å². The van der Waals surface area contributed by atoms with E-state index in [1.54, 1.807) is 0 Å². The van der Waals surface area contributed by atoms with Crippen molar-refractivity contribution < 1.29 is 0 Å². The van der Waals surface area contributed by atoms with Gasteiger partial charge >= 0.3 is 0 Å². The molecule has 0 aliphatic heterocycles. The summed E-state index contributed by atoms with van der Waals surface area (Å²) in [4.78, 5) is 0. The van der Waals surface area contributed by atoms with Crippen molar-refractivity contribution in [3.8, 4) is 0 Å². The Morgan fingerprint density at radius 2 is 0.923 bits per heavy atom. The predicted molar refractivity (Wildman–Crippen MR) is 68.2 cm³/mol. The Bertz CT molecular complexity index is 255. The quantitative estimate of drug-likeness (QED) is 0.442. The summed E-state index contributed by atoms with van der Waals surface area (Å²) in [5.41, 5.74) is 0. The summed E-state index contributed by atoms with van der Waals surface area (Å²) in [6.07, 6.45) is 0. The molecule has 0 atom stereocenters. The maximum atomic E-state index is 5.89. The van der Waals surface area contributed by atoms with Crippen LogP contribution >= 0.6 is 101 Å². The van der Waals surface area contributed by atoms with Crippen molar-refractivity contribution in [1.29, 1.82) is 0 Å². The highest BCUT2D eigenvalue weighted by Crippen LogP contribution is 2.68. The molecule has 0 spiro atoms. The zero-order valence-electron chi connectivity index (χ0n) is 5.52. The van der Waals surface area contributed by atoms with Crippen LogP contribution in [-0.2, 0) is 0 Å². The highest BCUT2D eigenvalue weighted by molar-refractivity contribution is 9.14. The minimum atomic E-state index is -1.73. The molecule has 13 heavy (non-hydrogen) atoms. The summed E-state index contributed by atoms with van der Waals surface area (Å²) in [6.45, 7) is 0. The first kappa shape index (κ1) is 13.5. The molecule has 0 bridgehead atoms. The van der Waals surface area contributed by atoms with Crippen LogP contribution in [0.5, 0.6) is 0 Å². The molecule has 0 fully saturated rings. The monoisotopic (exact) mass is 428 g/mol. The van der Waals surface area contributed by atoms with Gasteiger partial charge in [-0.05, 0) is 0 Å². The van der Waals surface area contributed by atoms with Crippen LogP contribution < -0.4 is 0 Å². The normalized spacial score (nSPS) is 29.5. The SMILES string of the molecule is ClC1(Cl)C(Br)=C(Br)C(Cl)(Cl)C1(Cl)Cl. The fraction of sp³-hybridized carbons (Fsp3) is 0.600. The zero-order valence-corrected chi connectivity index (χ0v) is 13.2. The molecule has 0 saturated carbocycles. The number of halogens is 8. The van der Waals surface area contributed by atoms with Crippen LogP contribution in [0.2, 0.25) is 0 Å². The van der Waals surface area contributed by atoms with Crippen LogP contribution in [0.3, 0.4) is 0 Å². The second kappa shape index (κ2) is 3.73. The topological polar surface area (TPSA) is 0 Å². The van der Waals surface area contributed by atoms with Crippen molar-refractivity contribution in [1.82, 2.24) is 0 Å². The van der Waals surface area contributed by atoms with Crippen LogP contribution in [0, 0.1) is 0 Å². The molecule has 0 unspecified atom stereocenters. The van der Waals surface area contributed by atoms with E-state index in [4.69, 9.17) is 69.6 Å². The number of alkyl halides is 6. The Morgan fingerprint density at radius 3 is 1.00 bits per heavy atom. The van der Waals surface area contributed by atoms with Gasteiger partial charge in [0.05, 0.1) is 0 Å². The summed E-state index contributed by atoms with van der Waals surface area (Å²) in [5.74, 6) is 0. The van der Waals surface area contributed by atoms with E-state index >= 15 is 0 Å². The highest BCUT2D eigenvalue weighted by atomic mass is 79.9. The Hall–Kier alpha value is 2.44. The third-order valence-corrected chi connectivity index (χ3v) is 8.76. The van der Waals surface area contributed by atoms with Gasteiger partial charge in [-0.1, -0.05) is 101 Å². The van der Waals surface area contributed by atoms with E-state index in [2.05, 4.69) is 31.9 Å². The molecule has 0 heterocycles. The second-order valence-corrected chi connectivity index (χ2v) is 7.92. The van der Waals surface area contributed by atoms with Crippen molar-refractivity contribution >= 4 is 101 Å². The lowest BCUT2D eigenvalue weighted by Gasteiger charge is -2.32. The minimum absolute atomic E-state index is 0.318. The van der Waals surface area contributed by atoms with Gasteiger partial charge in [0.25, 0.3) is 0 Å². The van der Waals surface area contributed by atoms with E-state index < -0.39 is 13.0 Å². The summed E-state index contributed by atoms with van der Waals surface area (Å²) in [6, 6.07) is 0. The van der Waals surface area contributed by atoms with Crippen LogP contribution in [0.1, 0.15) is 0 Å². The molecule has 0 aromatic carbocycles. The standard InChI is InChI=1S/C5Br2Cl6/c6-1-2(7)4(10,11)5(12,13)3(1,8)9. The first-order valence-electron chi connectivity index (χ1n) is 2.76. The summed E-state index contributed by atoms with van der Waals surface area (Å²) >= 11 is 41.5. The lowest BCUT2D eigenvalue weighted by Crippen LogP contribution is -2.43. The van der Waals surface area contributed by atoms with Crippen molar-refractivity contribution in [3.05, 3.63) is 8.96 Å². The average molecular weight is 433 g/mol. The Labute approximate surface area is 122 Å². The van der Waals surface area contributed by atoms with E-state index in [9.17, 15) is 0 Å². The maximum Gasteiger partial charge on any atom is 0.193 e. The van der Waals surface area contributed by atoms with E-state index in [1.165, 1.54) is 0 Å². The lowest BCUT2D eigenvalue weighted by molar-refractivity contribution is 0.767. The van der Waals surface area contributed by atoms with Gasteiger partial charge in [-0.25, -0.2) is 0 Å². The molecule has 0 nitrogen and oxygen atoms in total. The number of hydrogen-bond acceptors (Lipinski definition) is 0. The smallest absolute Gasteiger partial charge is 0.0940 e. The Morgan fingerprint density at radius 1 is 0.692 bits per heavy atom. The Kier molecular flexibility index (Phi) is 3.88. The molecule has 0 aromatic heterocycles. The van der Waals surface area contributed by atoms with Crippen LogP contribution in [0.4, 0.5) is 0 Å². The average Bonchev–Trinajstić information content (AvgIpc) is 2.05. The molecule has 0 amide bonds. The summed E-state index contributed by atoms with van der Waals surface area (Å²) in [5, 5.41) is 0. The molecule has 0 N–H and O–H groups in total. The van der Waals surface area contributed by atoms with Gasteiger partial charge in [-0.2, -0.15) is 0 Å². The molecule has 0 saturated heterocycles. The van der Waals surface area contributed by atoms with Crippen LogP contribution in [-0.4, -0.2) is 13.0 Å². The molecule has 76 valence electrons. The fourth-order valence-electron chi connectivity index (χ4n) is 0.749. The van der Waals surface area contributed by atoms with Crippen molar-refractivity contribution in [2.45, 2.75) is 13.0 Å². The van der Waals surface area contributed by atoms with E-state index in [1.807, 2.05) is 0 Å². The molecule has 1 rings (SSSR count). The molecule has 1 aliphatic rings. The highest BCUT2D eigenvalue weighted by Gasteiger charge is 2.69. The van der Waals surface area contributed by atoms with Crippen LogP contribution in [0.25, 0.3) is 0 Å². The summed E-state index contributed by atoms with van der Waals surface area (Å²) < 4.78 is -4.27. The largest absolute Gasteiger partial charge is 0.193 e. The number of rotatable bonds is 0. The van der Waals surface area contributed by atoms with Gasteiger partial charge in [0.15, 0.2) is 13.0 Å². The van der Waals surface area contributed by atoms with Crippen molar-refractivity contribution in [2.24, 2.45) is 0 Å². The third-order valence-electron chi connectivity index (χ3n) is 1.53. The predicted octanol–water partition coefficient (Wildman–Crippen LogP) is 5.52. The van der Waals surface area contributed by atoms with Gasteiger partial charge in [0.1, 0.15) is 0 Å². The van der Waals surface area contributed by atoms with Gasteiger partial charge in [0.2, 0.25) is 0 Å². The van der Waals surface area contributed by atoms with Gasteiger partial charge in [-0.15, -0.1) is 0 Å². The summed E-state index contributed by atoms with van der Waals surface area (Å²) in [7, 11) is 0. The number of hydrogen-bond donors (Lipinski definition) is 0. The molecule has 0 radical (unpaired) electrons. The van der Waals surface area contributed by atoms with E-state index in [0.29, 0.717) is 8.96 Å². The first-order valence-corrected chi connectivity index (χ1v) is 6.62. The lowest BCUT2D eigenvalue weighted by atomic mass is 10.3. The molecule has 1 aliphatic carbocycles. The van der Waals surface area contributed by atoms with E-state index in [0.717, 1.165) is 0 Å². The molecular formula is C5Br2Cl6. The Balaban J connectivity index is 3.39. The maximum absolute atomic E-state index is 5.89. The zero-order chi connectivity index (χ0) is 10.7. The molecular weight excluding hydrogens is 433 g/mol. The van der Waals surface area contributed by atoms with Crippen molar-refractivity contribution in [2.75, 3.05) is 0 Å². The minimum Gasteiger partial charge on any atom is -0.0940 e. The molecule has 0 aromatic rings. The fourth-order valence-corrected chi connectivity index (χ4v) is 4.37.